The predicted octanol–water partition coefficient (Wildman–Crippen LogP) is 4.31. The van der Waals surface area contributed by atoms with Gasteiger partial charge >= 0.3 is 6.18 Å². The molecule has 0 atom stereocenters. The van der Waals surface area contributed by atoms with Gasteiger partial charge in [-0.1, -0.05) is 0 Å². The van der Waals surface area contributed by atoms with Gasteiger partial charge in [0.25, 0.3) is 5.91 Å². The summed E-state index contributed by atoms with van der Waals surface area (Å²) in [6, 6.07) is 4.28. The van der Waals surface area contributed by atoms with E-state index in [4.69, 9.17) is 9.15 Å². The molecule has 0 aliphatic carbocycles. The second-order valence-corrected chi connectivity index (χ2v) is 7.72. The van der Waals surface area contributed by atoms with E-state index in [0.29, 0.717) is 24.7 Å². The molecule has 1 amide bonds. The molecular formula is C21H24F3N3O3. The number of pyridine rings is 1. The van der Waals surface area contributed by atoms with Crippen molar-refractivity contribution < 1.29 is 27.1 Å². The highest BCUT2D eigenvalue weighted by Crippen LogP contribution is 2.36. The Morgan fingerprint density at radius 2 is 1.83 bits per heavy atom. The standard InChI is InChI=1S/C21H24F3N3O3/c22-21(23,24)15-11-16(19(26-12-15)14-3-7-25-8-4-14)27-20(28)18-2-1-17(30-18)13-5-9-29-10-6-13/h1-2,11-14,25H,3-10H2,(H,27,28). The molecule has 162 valence electrons. The lowest BCUT2D eigenvalue weighted by Crippen LogP contribution is -2.28. The van der Waals surface area contributed by atoms with Gasteiger partial charge in [0, 0.05) is 31.2 Å². The van der Waals surface area contributed by atoms with Crippen molar-refractivity contribution in [1.29, 1.82) is 0 Å². The van der Waals surface area contributed by atoms with Crippen molar-refractivity contribution in [3.63, 3.8) is 0 Å². The van der Waals surface area contributed by atoms with E-state index in [0.717, 1.165) is 51.0 Å². The monoisotopic (exact) mass is 423 g/mol. The number of anilines is 1. The molecule has 2 aromatic rings. The topological polar surface area (TPSA) is 76.4 Å². The van der Waals surface area contributed by atoms with Gasteiger partial charge in [-0.3, -0.25) is 9.78 Å². The maximum absolute atomic E-state index is 13.2. The van der Waals surface area contributed by atoms with Gasteiger partial charge in [0.2, 0.25) is 0 Å². The lowest BCUT2D eigenvalue weighted by molar-refractivity contribution is -0.137. The van der Waals surface area contributed by atoms with Crippen LogP contribution in [0.4, 0.5) is 18.9 Å². The van der Waals surface area contributed by atoms with Crippen LogP contribution in [0.25, 0.3) is 0 Å². The van der Waals surface area contributed by atoms with E-state index in [1.165, 1.54) is 0 Å². The molecule has 30 heavy (non-hydrogen) atoms. The molecule has 2 aliphatic rings. The number of ether oxygens (including phenoxy) is 1. The molecule has 2 aliphatic heterocycles. The first-order valence-electron chi connectivity index (χ1n) is 10.2. The molecule has 4 heterocycles. The Balaban J connectivity index is 1.57. The van der Waals surface area contributed by atoms with Crippen molar-refractivity contribution in [2.75, 3.05) is 31.6 Å². The van der Waals surface area contributed by atoms with Crippen molar-refractivity contribution in [3.05, 3.63) is 47.2 Å². The van der Waals surface area contributed by atoms with Gasteiger partial charge in [-0.2, -0.15) is 13.2 Å². The molecule has 4 rings (SSSR count). The Labute approximate surface area is 172 Å². The zero-order valence-electron chi connectivity index (χ0n) is 16.4. The number of hydrogen-bond acceptors (Lipinski definition) is 5. The van der Waals surface area contributed by atoms with Crippen molar-refractivity contribution in [1.82, 2.24) is 10.3 Å². The molecule has 0 radical (unpaired) electrons. The van der Waals surface area contributed by atoms with Gasteiger partial charge in [-0.05, 0) is 57.0 Å². The number of alkyl halides is 3. The van der Waals surface area contributed by atoms with E-state index in [1.54, 1.807) is 12.1 Å². The number of nitrogens with zero attached hydrogens (tertiary/aromatic N) is 1. The number of piperidine rings is 1. The van der Waals surface area contributed by atoms with Crippen molar-refractivity contribution in [2.45, 2.75) is 43.7 Å². The van der Waals surface area contributed by atoms with Crippen LogP contribution >= 0.6 is 0 Å². The fraction of sp³-hybridized carbons (Fsp3) is 0.524. The van der Waals surface area contributed by atoms with Crippen LogP contribution in [0.15, 0.2) is 28.8 Å². The van der Waals surface area contributed by atoms with Crippen LogP contribution in [0.2, 0.25) is 0 Å². The van der Waals surface area contributed by atoms with E-state index in [-0.39, 0.29) is 23.3 Å². The maximum atomic E-state index is 13.2. The molecule has 0 saturated carbocycles. The SMILES string of the molecule is O=C(Nc1cc(C(F)(F)F)cnc1C1CCNCC1)c1ccc(C2CCOCC2)o1. The van der Waals surface area contributed by atoms with E-state index in [9.17, 15) is 18.0 Å². The van der Waals surface area contributed by atoms with Crippen molar-refractivity contribution in [3.8, 4) is 0 Å². The quantitative estimate of drug-likeness (QED) is 0.767. The number of carbonyl (C=O) groups excluding carboxylic acids is 1. The van der Waals surface area contributed by atoms with Gasteiger partial charge in [-0.15, -0.1) is 0 Å². The molecule has 6 nitrogen and oxygen atoms in total. The molecule has 0 unspecified atom stereocenters. The number of nitrogens with one attached hydrogen (secondary N) is 2. The molecule has 9 heteroatoms. The number of halogens is 3. The highest BCUT2D eigenvalue weighted by molar-refractivity contribution is 6.02. The number of amides is 1. The minimum atomic E-state index is -4.54. The first kappa shape index (κ1) is 20.9. The number of rotatable bonds is 4. The molecule has 0 aromatic carbocycles. The Hall–Kier alpha value is -2.39. The van der Waals surface area contributed by atoms with Crippen LogP contribution in [-0.4, -0.2) is 37.2 Å². The normalized spacial score (nSPS) is 19.0. The van der Waals surface area contributed by atoms with Crippen LogP contribution in [0, 0.1) is 0 Å². The maximum Gasteiger partial charge on any atom is 0.417 e. The third-order valence-corrected chi connectivity index (χ3v) is 5.69. The molecule has 2 saturated heterocycles. The summed E-state index contributed by atoms with van der Waals surface area (Å²) < 4.78 is 50.7. The van der Waals surface area contributed by atoms with Gasteiger partial charge in [0.1, 0.15) is 5.76 Å². The average molecular weight is 423 g/mol. The fourth-order valence-corrected chi connectivity index (χ4v) is 4.01. The highest BCUT2D eigenvalue weighted by atomic mass is 19.4. The second-order valence-electron chi connectivity index (χ2n) is 7.72. The van der Waals surface area contributed by atoms with Gasteiger partial charge in [0.15, 0.2) is 5.76 Å². The zero-order chi connectivity index (χ0) is 21.1. The Kier molecular flexibility index (Phi) is 6.10. The largest absolute Gasteiger partial charge is 0.456 e. The fourth-order valence-electron chi connectivity index (χ4n) is 4.01. The van der Waals surface area contributed by atoms with E-state index in [1.807, 2.05) is 0 Å². The van der Waals surface area contributed by atoms with Crippen molar-refractivity contribution in [2.24, 2.45) is 0 Å². The van der Waals surface area contributed by atoms with Crippen LogP contribution in [0.1, 0.15) is 65.1 Å². The third kappa shape index (κ3) is 4.67. The summed E-state index contributed by atoms with van der Waals surface area (Å²) >= 11 is 0. The first-order valence-corrected chi connectivity index (χ1v) is 10.2. The van der Waals surface area contributed by atoms with Gasteiger partial charge < -0.3 is 19.8 Å². The Morgan fingerprint density at radius 1 is 1.10 bits per heavy atom. The van der Waals surface area contributed by atoms with Gasteiger partial charge in [0.05, 0.1) is 16.9 Å². The summed E-state index contributed by atoms with van der Waals surface area (Å²) in [4.78, 5) is 16.8. The van der Waals surface area contributed by atoms with Crippen molar-refractivity contribution >= 4 is 11.6 Å². The summed E-state index contributed by atoms with van der Waals surface area (Å²) in [5.41, 5.74) is -0.322. The molecule has 0 spiro atoms. The Morgan fingerprint density at radius 3 is 2.53 bits per heavy atom. The average Bonchev–Trinajstić information content (AvgIpc) is 3.25. The number of aromatic nitrogens is 1. The van der Waals surface area contributed by atoms with Gasteiger partial charge in [-0.25, -0.2) is 0 Å². The Bertz CT molecular complexity index is 885. The number of carbonyl (C=O) groups is 1. The van der Waals surface area contributed by atoms with Crippen LogP contribution in [0.5, 0.6) is 0 Å². The summed E-state index contributed by atoms with van der Waals surface area (Å²) in [6.07, 6.45) is -0.590. The molecule has 0 bridgehead atoms. The summed E-state index contributed by atoms with van der Waals surface area (Å²) in [7, 11) is 0. The lowest BCUT2D eigenvalue weighted by atomic mass is 9.92. The summed E-state index contributed by atoms with van der Waals surface area (Å²) in [5, 5.41) is 5.83. The van der Waals surface area contributed by atoms with Crippen LogP contribution in [0.3, 0.4) is 0 Å². The molecule has 2 aromatic heterocycles. The van der Waals surface area contributed by atoms with E-state index < -0.39 is 17.6 Å². The minimum Gasteiger partial charge on any atom is -0.456 e. The van der Waals surface area contributed by atoms with Crippen LogP contribution < -0.4 is 10.6 Å². The third-order valence-electron chi connectivity index (χ3n) is 5.69. The number of hydrogen-bond donors (Lipinski definition) is 2. The number of furan rings is 1. The highest BCUT2D eigenvalue weighted by Gasteiger charge is 2.33. The lowest BCUT2D eigenvalue weighted by Gasteiger charge is -2.24. The minimum absolute atomic E-state index is 0.0155. The second kappa shape index (κ2) is 8.77. The zero-order valence-corrected chi connectivity index (χ0v) is 16.4. The first-order chi connectivity index (χ1) is 14.4. The smallest absolute Gasteiger partial charge is 0.417 e. The summed E-state index contributed by atoms with van der Waals surface area (Å²) in [5.74, 6) is 0.359. The molecule has 2 fully saturated rings. The van der Waals surface area contributed by atoms with E-state index >= 15 is 0 Å². The summed E-state index contributed by atoms with van der Waals surface area (Å²) in [6.45, 7) is 2.80. The van der Waals surface area contributed by atoms with Crippen LogP contribution in [-0.2, 0) is 10.9 Å². The molecular weight excluding hydrogens is 399 g/mol. The van der Waals surface area contributed by atoms with E-state index in [2.05, 4.69) is 15.6 Å². The molecule has 2 N–H and O–H groups in total. The predicted molar refractivity (Wildman–Crippen MR) is 104 cm³/mol.